The van der Waals surface area contributed by atoms with Gasteiger partial charge >= 0.3 is 0 Å². The standard InChI is InChI=1S/C40H30NOP/c1-40(2)35-19-11-9-17-31(35)32-25-26-34-37(38(32)40)33-18-10-12-20-36(33)41-39(34)27-21-23-30(24-22-27)43(42,28-13-5-3-6-14-28)29-15-7-4-8-16-29/h3-26H,1-2H3. The van der Waals surface area contributed by atoms with E-state index in [0.717, 1.165) is 38.1 Å². The van der Waals surface area contributed by atoms with Gasteiger partial charge in [0.1, 0.15) is 0 Å². The molecule has 0 saturated carbocycles. The summed E-state index contributed by atoms with van der Waals surface area (Å²) < 4.78 is 14.9. The molecule has 0 bridgehead atoms. The molecule has 0 aliphatic heterocycles. The number of nitrogens with zero attached hydrogens (tertiary/aromatic N) is 1. The van der Waals surface area contributed by atoms with Crippen LogP contribution in [0.3, 0.4) is 0 Å². The lowest BCUT2D eigenvalue weighted by Gasteiger charge is -2.24. The van der Waals surface area contributed by atoms with Crippen molar-refractivity contribution in [3.05, 3.63) is 157 Å². The third-order valence-corrected chi connectivity index (χ3v) is 12.2. The van der Waals surface area contributed by atoms with Gasteiger partial charge in [0.25, 0.3) is 0 Å². The van der Waals surface area contributed by atoms with Gasteiger partial charge in [-0.3, -0.25) is 0 Å². The molecule has 1 heterocycles. The summed E-state index contributed by atoms with van der Waals surface area (Å²) in [7, 11) is -3.06. The van der Waals surface area contributed by atoms with E-state index in [2.05, 4.69) is 86.6 Å². The van der Waals surface area contributed by atoms with Crippen LogP contribution in [0.15, 0.2) is 146 Å². The summed E-state index contributed by atoms with van der Waals surface area (Å²) in [5.41, 5.74) is 8.14. The van der Waals surface area contributed by atoms with Gasteiger partial charge in [-0.25, -0.2) is 4.98 Å². The zero-order valence-electron chi connectivity index (χ0n) is 24.2. The molecular formula is C40H30NOP. The van der Waals surface area contributed by atoms with Gasteiger partial charge in [-0.05, 0) is 33.7 Å². The number of para-hydroxylation sites is 1. The second-order valence-corrected chi connectivity index (χ2v) is 14.7. The van der Waals surface area contributed by atoms with E-state index in [1.807, 2.05) is 72.8 Å². The van der Waals surface area contributed by atoms with Crippen LogP contribution in [0, 0.1) is 0 Å². The van der Waals surface area contributed by atoms with E-state index in [-0.39, 0.29) is 5.41 Å². The highest BCUT2D eigenvalue weighted by atomic mass is 31.2. The Labute approximate surface area is 252 Å². The molecule has 8 rings (SSSR count). The molecule has 2 nitrogen and oxygen atoms in total. The molecule has 1 aliphatic carbocycles. The Morgan fingerprint density at radius 1 is 0.535 bits per heavy atom. The van der Waals surface area contributed by atoms with Crippen molar-refractivity contribution in [2.24, 2.45) is 0 Å². The SMILES string of the molecule is CC1(C)c2ccccc2-c2ccc3c(-c4ccc(P(=O)(c5ccccc5)c5ccccc5)cc4)nc4ccccc4c3c21. The van der Waals surface area contributed by atoms with Crippen molar-refractivity contribution >= 4 is 44.7 Å². The van der Waals surface area contributed by atoms with Crippen LogP contribution in [0.1, 0.15) is 25.0 Å². The van der Waals surface area contributed by atoms with E-state index in [1.54, 1.807) is 0 Å². The van der Waals surface area contributed by atoms with Crippen LogP contribution in [0.5, 0.6) is 0 Å². The largest absolute Gasteiger partial charge is 0.309 e. The number of aromatic nitrogens is 1. The van der Waals surface area contributed by atoms with E-state index in [4.69, 9.17) is 4.98 Å². The molecule has 0 N–H and O–H groups in total. The van der Waals surface area contributed by atoms with Gasteiger partial charge in [0.05, 0.1) is 11.2 Å². The van der Waals surface area contributed by atoms with E-state index >= 15 is 0 Å². The first-order valence-corrected chi connectivity index (χ1v) is 16.5. The molecule has 7 aromatic rings. The zero-order valence-corrected chi connectivity index (χ0v) is 25.1. The maximum Gasteiger partial charge on any atom is 0.171 e. The number of pyridine rings is 1. The second kappa shape index (κ2) is 9.63. The Hall–Kier alpha value is -4.78. The van der Waals surface area contributed by atoms with E-state index < -0.39 is 7.14 Å². The van der Waals surface area contributed by atoms with Crippen LogP contribution in [-0.4, -0.2) is 4.98 Å². The average molecular weight is 572 g/mol. The highest BCUT2D eigenvalue weighted by Gasteiger charge is 2.37. The first-order chi connectivity index (χ1) is 21.0. The fourth-order valence-electron chi connectivity index (χ4n) is 7.09. The first kappa shape index (κ1) is 25.9. The van der Waals surface area contributed by atoms with Crippen LogP contribution < -0.4 is 15.9 Å². The first-order valence-electron chi connectivity index (χ1n) is 14.8. The average Bonchev–Trinajstić information content (AvgIpc) is 3.31. The van der Waals surface area contributed by atoms with Crippen molar-refractivity contribution in [2.45, 2.75) is 19.3 Å². The van der Waals surface area contributed by atoms with Crippen LogP contribution in [0.25, 0.3) is 44.1 Å². The lowest BCUT2D eigenvalue weighted by molar-refractivity contribution is 0.592. The summed E-state index contributed by atoms with van der Waals surface area (Å²) in [4.78, 5) is 5.24. The Morgan fingerprint density at radius 3 is 1.81 bits per heavy atom. The summed E-state index contributed by atoms with van der Waals surface area (Å²) in [6, 6.07) is 49.7. The van der Waals surface area contributed by atoms with Gasteiger partial charge in [0.15, 0.2) is 7.14 Å². The summed E-state index contributed by atoms with van der Waals surface area (Å²) in [6.07, 6.45) is 0. The lowest BCUT2D eigenvalue weighted by atomic mass is 9.79. The zero-order chi connectivity index (χ0) is 29.2. The molecule has 0 saturated heterocycles. The van der Waals surface area contributed by atoms with Crippen molar-refractivity contribution in [1.82, 2.24) is 4.98 Å². The molecule has 3 heteroatoms. The van der Waals surface area contributed by atoms with Crippen LogP contribution >= 0.6 is 7.14 Å². The second-order valence-electron chi connectivity index (χ2n) is 11.9. The molecule has 1 aromatic heterocycles. The highest BCUT2D eigenvalue weighted by Crippen LogP contribution is 2.53. The highest BCUT2D eigenvalue weighted by molar-refractivity contribution is 7.85. The molecule has 0 unspecified atom stereocenters. The minimum absolute atomic E-state index is 0.144. The minimum atomic E-state index is -3.06. The number of hydrogen-bond donors (Lipinski definition) is 0. The topological polar surface area (TPSA) is 30.0 Å². The summed E-state index contributed by atoms with van der Waals surface area (Å²) in [6.45, 7) is 4.68. The predicted molar refractivity (Wildman–Crippen MR) is 182 cm³/mol. The maximum absolute atomic E-state index is 14.9. The number of fused-ring (bicyclic) bond motifs is 7. The van der Waals surface area contributed by atoms with Crippen molar-refractivity contribution in [3.8, 4) is 22.4 Å². The third kappa shape index (κ3) is 3.80. The Kier molecular flexibility index (Phi) is 5.80. The van der Waals surface area contributed by atoms with Crippen LogP contribution in [-0.2, 0) is 9.98 Å². The molecule has 43 heavy (non-hydrogen) atoms. The van der Waals surface area contributed by atoms with Gasteiger partial charge in [-0.1, -0.05) is 153 Å². The van der Waals surface area contributed by atoms with E-state index in [9.17, 15) is 4.57 Å². The van der Waals surface area contributed by atoms with Gasteiger partial charge < -0.3 is 4.57 Å². The molecule has 6 aromatic carbocycles. The lowest BCUT2D eigenvalue weighted by Crippen LogP contribution is -2.24. The van der Waals surface area contributed by atoms with Crippen molar-refractivity contribution in [1.29, 1.82) is 0 Å². The molecule has 0 spiro atoms. The Bertz CT molecular complexity index is 2170. The molecule has 0 fully saturated rings. The summed E-state index contributed by atoms with van der Waals surface area (Å²) >= 11 is 0. The predicted octanol–water partition coefficient (Wildman–Crippen LogP) is 9.00. The quantitative estimate of drug-likeness (QED) is 0.156. The number of hydrogen-bond acceptors (Lipinski definition) is 2. The molecule has 0 atom stereocenters. The van der Waals surface area contributed by atoms with Crippen molar-refractivity contribution < 1.29 is 4.57 Å². The smallest absolute Gasteiger partial charge is 0.171 e. The van der Waals surface area contributed by atoms with E-state index in [1.165, 1.54) is 33.0 Å². The van der Waals surface area contributed by atoms with Gasteiger partial charge in [-0.15, -0.1) is 0 Å². The van der Waals surface area contributed by atoms with Gasteiger partial charge in [0.2, 0.25) is 0 Å². The fourth-order valence-corrected chi connectivity index (χ4v) is 9.73. The molecule has 0 amide bonds. The van der Waals surface area contributed by atoms with Gasteiger partial charge in [-0.2, -0.15) is 0 Å². The normalized spacial score (nSPS) is 13.6. The maximum atomic E-state index is 14.9. The minimum Gasteiger partial charge on any atom is -0.309 e. The molecule has 1 aliphatic rings. The molecule has 206 valence electrons. The van der Waals surface area contributed by atoms with Crippen molar-refractivity contribution in [3.63, 3.8) is 0 Å². The monoisotopic (exact) mass is 571 g/mol. The van der Waals surface area contributed by atoms with Crippen molar-refractivity contribution in [2.75, 3.05) is 0 Å². The third-order valence-electron chi connectivity index (χ3n) is 9.13. The van der Waals surface area contributed by atoms with Crippen LogP contribution in [0.2, 0.25) is 0 Å². The summed E-state index contributed by atoms with van der Waals surface area (Å²) in [5, 5.41) is 6.06. The summed E-state index contributed by atoms with van der Waals surface area (Å²) in [5.74, 6) is 0. The molecule has 0 radical (unpaired) electrons. The Morgan fingerprint density at radius 2 is 1.12 bits per heavy atom. The number of benzene rings is 6. The van der Waals surface area contributed by atoms with Crippen LogP contribution in [0.4, 0.5) is 0 Å². The number of rotatable bonds is 4. The van der Waals surface area contributed by atoms with E-state index in [0.29, 0.717) is 0 Å². The molecular weight excluding hydrogens is 541 g/mol. The Balaban J connectivity index is 1.35. The van der Waals surface area contributed by atoms with Gasteiger partial charge in [0, 0.05) is 37.7 Å². The fraction of sp³-hybridized carbons (Fsp3) is 0.0750.